The highest BCUT2D eigenvalue weighted by Crippen LogP contribution is 2.02. The molecule has 0 radical (unpaired) electrons. The lowest BCUT2D eigenvalue weighted by atomic mass is 10.1. The van der Waals surface area contributed by atoms with Crippen LogP contribution in [0.1, 0.15) is 19.4 Å². The molecule has 0 aliphatic heterocycles. The topological polar surface area (TPSA) is 59.0 Å². The number of hydrogen-bond acceptors (Lipinski definition) is 3. The molecule has 0 aliphatic rings. The second kappa shape index (κ2) is 4.44. The van der Waals surface area contributed by atoms with Crippen molar-refractivity contribution < 1.29 is 4.79 Å². The van der Waals surface area contributed by atoms with Crippen molar-refractivity contribution in [3.8, 4) is 0 Å². The molecule has 0 fully saturated rings. The molecule has 0 atom stereocenters. The first-order valence-corrected chi connectivity index (χ1v) is 4.90. The first kappa shape index (κ1) is 11.7. The lowest BCUT2D eigenvalue weighted by Gasteiger charge is -2.22. The fourth-order valence-corrected chi connectivity index (χ4v) is 1.08. The van der Waals surface area contributed by atoms with E-state index in [-0.39, 0.29) is 5.91 Å². The minimum Gasteiger partial charge on any atom is -0.350 e. The summed E-state index contributed by atoms with van der Waals surface area (Å²) in [7, 11) is 3.62. The van der Waals surface area contributed by atoms with Crippen molar-refractivity contribution in [1.29, 1.82) is 0 Å². The molecule has 1 heterocycles. The van der Waals surface area contributed by atoms with Crippen molar-refractivity contribution in [3.05, 3.63) is 18.0 Å². The van der Waals surface area contributed by atoms with E-state index in [1.807, 2.05) is 27.1 Å². The minimum atomic E-state index is -0.539. The van der Waals surface area contributed by atoms with Gasteiger partial charge in [-0.25, -0.2) is 0 Å². The largest absolute Gasteiger partial charge is 0.350 e. The highest BCUT2D eigenvalue weighted by molar-refractivity contribution is 5.85. The molecule has 0 aromatic carbocycles. The number of carbonyl (C=O) groups excluding carboxylic acids is 1. The van der Waals surface area contributed by atoms with Gasteiger partial charge in [-0.2, -0.15) is 5.10 Å². The summed E-state index contributed by atoms with van der Waals surface area (Å²) in [4.78, 5) is 11.7. The monoisotopic (exact) mass is 210 g/mol. The summed E-state index contributed by atoms with van der Waals surface area (Å²) < 4.78 is 1.71. The molecule has 1 amide bonds. The van der Waals surface area contributed by atoms with Crippen LogP contribution in [0.25, 0.3) is 0 Å². The quantitative estimate of drug-likeness (QED) is 0.737. The summed E-state index contributed by atoms with van der Waals surface area (Å²) in [5.41, 5.74) is 0.458. The molecule has 0 spiro atoms. The molecule has 1 rings (SSSR count). The second-order valence-electron chi connectivity index (χ2n) is 4.08. The Balaban J connectivity index is 2.47. The van der Waals surface area contributed by atoms with Gasteiger partial charge in [-0.1, -0.05) is 0 Å². The summed E-state index contributed by atoms with van der Waals surface area (Å²) in [6, 6.07) is 0. The first-order valence-electron chi connectivity index (χ1n) is 4.90. The van der Waals surface area contributed by atoms with Crippen molar-refractivity contribution in [2.24, 2.45) is 7.05 Å². The van der Waals surface area contributed by atoms with Crippen molar-refractivity contribution in [3.63, 3.8) is 0 Å². The van der Waals surface area contributed by atoms with Crippen molar-refractivity contribution >= 4 is 5.91 Å². The number of hydrogen-bond donors (Lipinski definition) is 2. The van der Waals surface area contributed by atoms with Gasteiger partial charge in [-0.15, -0.1) is 0 Å². The van der Waals surface area contributed by atoms with E-state index in [2.05, 4.69) is 15.7 Å². The lowest BCUT2D eigenvalue weighted by Crippen LogP contribution is -2.50. The number of rotatable bonds is 4. The molecule has 5 heteroatoms. The van der Waals surface area contributed by atoms with Crippen LogP contribution in [0, 0.1) is 0 Å². The zero-order chi connectivity index (χ0) is 11.5. The Hall–Kier alpha value is -1.36. The predicted molar refractivity (Wildman–Crippen MR) is 58.2 cm³/mol. The summed E-state index contributed by atoms with van der Waals surface area (Å²) >= 11 is 0. The Morgan fingerprint density at radius 1 is 1.60 bits per heavy atom. The van der Waals surface area contributed by atoms with Crippen molar-refractivity contribution in [2.45, 2.75) is 25.9 Å². The maximum atomic E-state index is 11.7. The average Bonchev–Trinajstić information content (AvgIpc) is 2.60. The Kier molecular flexibility index (Phi) is 3.47. The molecule has 0 aliphatic carbocycles. The maximum absolute atomic E-state index is 11.7. The molecule has 84 valence electrons. The number of nitrogens with zero attached hydrogens (tertiary/aromatic N) is 2. The Morgan fingerprint density at radius 3 is 2.73 bits per heavy atom. The molecule has 0 bridgehead atoms. The number of aromatic nitrogens is 2. The zero-order valence-corrected chi connectivity index (χ0v) is 9.66. The molecule has 5 nitrogen and oxygen atoms in total. The zero-order valence-electron chi connectivity index (χ0n) is 9.66. The van der Waals surface area contributed by atoms with Gasteiger partial charge in [-0.3, -0.25) is 9.48 Å². The summed E-state index contributed by atoms with van der Waals surface area (Å²) in [5.74, 6) is -0.0196. The van der Waals surface area contributed by atoms with Gasteiger partial charge in [0, 0.05) is 25.4 Å². The van der Waals surface area contributed by atoms with Crippen LogP contribution in [0.4, 0.5) is 0 Å². The molecule has 15 heavy (non-hydrogen) atoms. The van der Waals surface area contributed by atoms with E-state index in [9.17, 15) is 4.79 Å². The SMILES string of the molecule is CNC(C)(C)C(=O)NCc1cnn(C)c1. The third-order valence-electron chi connectivity index (χ3n) is 2.40. The van der Waals surface area contributed by atoms with Gasteiger partial charge in [0.25, 0.3) is 0 Å². The minimum absolute atomic E-state index is 0.0196. The molecular formula is C10H18N4O. The van der Waals surface area contributed by atoms with Gasteiger partial charge >= 0.3 is 0 Å². The van der Waals surface area contributed by atoms with Crippen LogP contribution in [0.3, 0.4) is 0 Å². The molecule has 0 saturated carbocycles. The fraction of sp³-hybridized carbons (Fsp3) is 0.600. The lowest BCUT2D eigenvalue weighted by molar-refractivity contribution is -0.126. The number of likely N-dealkylation sites (N-methyl/N-ethyl adjacent to an activating group) is 1. The van der Waals surface area contributed by atoms with Crippen LogP contribution < -0.4 is 10.6 Å². The van der Waals surface area contributed by atoms with E-state index in [0.717, 1.165) is 5.56 Å². The molecule has 1 aromatic rings. The molecule has 2 N–H and O–H groups in total. The van der Waals surface area contributed by atoms with E-state index in [1.54, 1.807) is 17.9 Å². The van der Waals surface area contributed by atoms with Gasteiger partial charge in [0.1, 0.15) is 0 Å². The van der Waals surface area contributed by atoms with E-state index in [1.165, 1.54) is 0 Å². The van der Waals surface area contributed by atoms with Crippen LogP contribution in [-0.2, 0) is 18.4 Å². The number of amides is 1. The normalized spacial score (nSPS) is 11.5. The van der Waals surface area contributed by atoms with Crippen LogP contribution >= 0.6 is 0 Å². The Bertz CT molecular complexity index is 343. The summed E-state index contributed by atoms with van der Waals surface area (Å²) in [5, 5.41) is 9.83. The summed E-state index contributed by atoms with van der Waals surface area (Å²) in [6.07, 6.45) is 3.62. The third kappa shape index (κ3) is 3.06. The van der Waals surface area contributed by atoms with Crippen LogP contribution in [0.5, 0.6) is 0 Å². The smallest absolute Gasteiger partial charge is 0.239 e. The van der Waals surface area contributed by atoms with E-state index >= 15 is 0 Å². The molecule has 0 saturated heterocycles. The predicted octanol–water partition coefficient (Wildman–Crippen LogP) is 0.0343. The van der Waals surface area contributed by atoms with E-state index < -0.39 is 5.54 Å². The molecule has 1 aromatic heterocycles. The first-order chi connectivity index (χ1) is 6.95. The Morgan fingerprint density at radius 2 is 2.27 bits per heavy atom. The number of nitrogens with one attached hydrogen (secondary N) is 2. The van der Waals surface area contributed by atoms with Gasteiger partial charge in [0.15, 0.2) is 0 Å². The second-order valence-corrected chi connectivity index (χ2v) is 4.08. The standard InChI is InChI=1S/C10H18N4O/c1-10(2,11-3)9(15)12-5-8-6-13-14(4)7-8/h6-7,11H,5H2,1-4H3,(H,12,15). The van der Waals surface area contributed by atoms with E-state index in [4.69, 9.17) is 0 Å². The van der Waals surface area contributed by atoms with Crippen molar-refractivity contribution in [2.75, 3.05) is 7.05 Å². The van der Waals surface area contributed by atoms with Crippen LogP contribution in [-0.4, -0.2) is 28.3 Å². The summed E-state index contributed by atoms with van der Waals surface area (Å²) in [6.45, 7) is 4.19. The van der Waals surface area contributed by atoms with Crippen LogP contribution in [0.2, 0.25) is 0 Å². The fourth-order valence-electron chi connectivity index (χ4n) is 1.08. The highest BCUT2D eigenvalue weighted by atomic mass is 16.2. The molecular weight excluding hydrogens is 192 g/mol. The van der Waals surface area contributed by atoms with E-state index in [0.29, 0.717) is 6.54 Å². The van der Waals surface area contributed by atoms with Crippen LogP contribution in [0.15, 0.2) is 12.4 Å². The highest BCUT2D eigenvalue weighted by Gasteiger charge is 2.24. The average molecular weight is 210 g/mol. The number of aryl methyl sites for hydroxylation is 1. The van der Waals surface area contributed by atoms with Gasteiger partial charge < -0.3 is 10.6 Å². The number of carbonyl (C=O) groups is 1. The van der Waals surface area contributed by atoms with Gasteiger partial charge in [0.2, 0.25) is 5.91 Å². The molecule has 0 unspecified atom stereocenters. The Labute approximate surface area is 89.9 Å². The van der Waals surface area contributed by atoms with Crippen molar-refractivity contribution in [1.82, 2.24) is 20.4 Å². The third-order valence-corrected chi connectivity index (χ3v) is 2.40. The van der Waals surface area contributed by atoms with Gasteiger partial charge in [-0.05, 0) is 20.9 Å². The van der Waals surface area contributed by atoms with Gasteiger partial charge in [0.05, 0.1) is 11.7 Å². The maximum Gasteiger partial charge on any atom is 0.239 e.